The van der Waals surface area contributed by atoms with E-state index in [1.54, 1.807) is 7.11 Å². The fourth-order valence-electron chi connectivity index (χ4n) is 2.74. The second-order valence-corrected chi connectivity index (χ2v) is 5.61. The summed E-state index contributed by atoms with van der Waals surface area (Å²) in [6.45, 7) is 0.905. The number of hydrogen-bond donors (Lipinski definition) is 2. The largest absolute Gasteiger partial charge is 0.383 e. The molecule has 0 bridgehead atoms. The highest BCUT2D eigenvalue weighted by atomic mass is 16.5. The zero-order valence-electron chi connectivity index (χ0n) is 11.8. The summed E-state index contributed by atoms with van der Waals surface area (Å²) >= 11 is 0. The molecule has 0 saturated heterocycles. The first-order chi connectivity index (χ1) is 9.19. The summed E-state index contributed by atoms with van der Waals surface area (Å²) in [6, 6.07) is 8.40. The van der Waals surface area contributed by atoms with Gasteiger partial charge in [-0.2, -0.15) is 0 Å². The number of rotatable bonds is 7. The molecule has 19 heavy (non-hydrogen) atoms. The molecule has 1 aromatic rings. The second kappa shape index (κ2) is 6.51. The number of aliphatic hydroxyl groups is 1. The van der Waals surface area contributed by atoms with E-state index in [0.29, 0.717) is 19.6 Å². The van der Waals surface area contributed by atoms with Gasteiger partial charge in [0.05, 0.1) is 6.61 Å². The van der Waals surface area contributed by atoms with Crippen LogP contribution in [0.1, 0.15) is 49.1 Å². The van der Waals surface area contributed by atoms with Crippen molar-refractivity contribution in [1.29, 1.82) is 0 Å². The Morgan fingerprint density at radius 2 is 2.00 bits per heavy atom. The molecule has 2 rings (SSSR count). The number of methoxy groups -OCH3 is 1. The van der Waals surface area contributed by atoms with Crippen LogP contribution in [0.4, 0.5) is 0 Å². The van der Waals surface area contributed by atoms with Gasteiger partial charge in [0, 0.05) is 7.11 Å². The van der Waals surface area contributed by atoms with Crippen LogP contribution in [0.25, 0.3) is 0 Å². The first-order valence-corrected chi connectivity index (χ1v) is 7.21. The van der Waals surface area contributed by atoms with E-state index in [4.69, 9.17) is 10.5 Å². The van der Waals surface area contributed by atoms with Gasteiger partial charge in [-0.3, -0.25) is 0 Å². The van der Waals surface area contributed by atoms with Crippen LogP contribution in [0, 0.1) is 0 Å². The molecule has 0 radical (unpaired) electrons. The second-order valence-electron chi connectivity index (χ2n) is 5.61. The molecule has 1 unspecified atom stereocenters. The zero-order valence-corrected chi connectivity index (χ0v) is 11.8. The maximum Gasteiger partial charge on any atom is 0.113 e. The number of nitrogens with two attached hydrogens (primary N) is 1. The van der Waals surface area contributed by atoms with Crippen molar-refractivity contribution in [1.82, 2.24) is 0 Å². The molecule has 3 heteroatoms. The molecule has 1 fully saturated rings. The highest BCUT2D eigenvalue weighted by Gasteiger charge is 2.29. The first-order valence-electron chi connectivity index (χ1n) is 7.21. The summed E-state index contributed by atoms with van der Waals surface area (Å²) in [5, 5.41) is 10.7. The summed E-state index contributed by atoms with van der Waals surface area (Å²) < 4.78 is 5.18. The smallest absolute Gasteiger partial charge is 0.113 e. The van der Waals surface area contributed by atoms with Crippen LogP contribution >= 0.6 is 0 Å². The molecular weight excluding hydrogens is 238 g/mol. The Morgan fingerprint density at radius 1 is 1.32 bits per heavy atom. The predicted molar refractivity (Wildman–Crippen MR) is 77.1 cm³/mol. The average Bonchev–Trinajstić information content (AvgIpc) is 2.35. The molecule has 1 aliphatic carbocycles. The van der Waals surface area contributed by atoms with Crippen molar-refractivity contribution in [3.63, 3.8) is 0 Å². The van der Waals surface area contributed by atoms with E-state index in [-0.39, 0.29) is 0 Å². The van der Waals surface area contributed by atoms with E-state index in [2.05, 4.69) is 12.1 Å². The van der Waals surface area contributed by atoms with Gasteiger partial charge < -0.3 is 15.6 Å². The lowest BCUT2D eigenvalue weighted by Gasteiger charge is -2.30. The molecule has 1 aromatic carbocycles. The Labute approximate surface area is 115 Å². The summed E-state index contributed by atoms with van der Waals surface area (Å²) in [5.41, 5.74) is 6.97. The van der Waals surface area contributed by atoms with Gasteiger partial charge in [0.2, 0.25) is 0 Å². The van der Waals surface area contributed by atoms with E-state index in [1.165, 1.54) is 24.8 Å². The van der Waals surface area contributed by atoms with Crippen molar-refractivity contribution in [3.05, 3.63) is 35.4 Å². The van der Waals surface area contributed by atoms with Gasteiger partial charge in [-0.25, -0.2) is 0 Å². The van der Waals surface area contributed by atoms with Gasteiger partial charge >= 0.3 is 0 Å². The third-order valence-electron chi connectivity index (χ3n) is 4.20. The van der Waals surface area contributed by atoms with Gasteiger partial charge in [-0.15, -0.1) is 0 Å². The van der Waals surface area contributed by atoms with Crippen molar-refractivity contribution >= 4 is 0 Å². The normalized spacial score (nSPS) is 18.9. The third-order valence-corrected chi connectivity index (χ3v) is 4.20. The Bertz CT molecular complexity index is 386. The standard InChI is InChI=1S/C16H25NO2/c1-19-12-16(18,10-3-11-17)15-8-6-14(7-9-15)13-4-2-5-13/h6-9,13,18H,2-5,10-12,17H2,1H3. The molecule has 0 amide bonds. The topological polar surface area (TPSA) is 55.5 Å². The molecule has 1 atom stereocenters. The summed E-state index contributed by atoms with van der Waals surface area (Å²) in [5.74, 6) is 0.730. The van der Waals surface area contributed by atoms with Gasteiger partial charge in [0.25, 0.3) is 0 Å². The maximum absolute atomic E-state index is 10.7. The first kappa shape index (κ1) is 14.5. The van der Waals surface area contributed by atoms with E-state index in [9.17, 15) is 5.11 Å². The van der Waals surface area contributed by atoms with Gasteiger partial charge in [0.1, 0.15) is 5.60 Å². The van der Waals surface area contributed by atoms with Gasteiger partial charge in [0.15, 0.2) is 0 Å². The fraction of sp³-hybridized carbons (Fsp3) is 0.625. The van der Waals surface area contributed by atoms with Crippen molar-refractivity contribution in [2.75, 3.05) is 20.3 Å². The number of benzene rings is 1. The lowest BCUT2D eigenvalue weighted by Crippen LogP contribution is -2.32. The molecule has 0 aliphatic heterocycles. The predicted octanol–water partition coefficient (Wildman–Crippen LogP) is 2.53. The molecule has 1 aliphatic rings. The molecule has 0 spiro atoms. The molecule has 0 aromatic heterocycles. The van der Waals surface area contributed by atoms with Crippen molar-refractivity contribution in [2.45, 2.75) is 43.6 Å². The monoisotopic (exact) mass is 263 g/mol. The van der Waals surface area contributed by atoms with Crippen molar-refractivity contribution < 1.29 is 9.84 Å². The van der Waals surface area contributed by atoms with Gasteiger partial charge in [-0.1, -0.05) is 30.7 Å². The summed E-state index contributed by atoms with van der Waals surface area (Å²) in [7, 11) is 1.62. The maximum atomic E-state index is 10.7. The Hall–Kier alpha value is -0.900. The number of hydrogen-bond acceptors (Lipinski definition) is 3. The highest BCUT2D eigenvalue weighted by molar-refractivity contribution is 5.30. The van der Waals surface area contributed by atoms with E-state index in [0.717, 1.165) is 17.9 Å². The Balaban J connectivity index is 2.11. The Kier molecular flexibility index (Phi) is 4.97. The number of ether oxygens (including phenoxy) is 1. The Morgan fingerprint density at radius 3 is 2.47 bits per heavy atom. The minimum Gasteiger partial charge on any atom is -0.383 e. The minimum atomic E-state index is -0.910. The summed E-state index contributed by atoms with van der Waals surface area (Å²) in [6.07, 6.45) is 5.38. The van der Waals surface area contributed by atoms with Crippen LogP contribution in [-0.4, -0.2) is 25.4 Å². The van der Waals surface area contributed by atoms with Crippen LogP contribution in [0.15, 0.2) is 24.3 Å². The zero-order chi connectivity index (χ0) is 13.7. The SMILES string of the molecule is COCC(O)(CCCN)c1ccc(C2CCC2)cc1. The van der Waals surface area contributed by atoms with Crippen molar-refractivity contribution in [3.8, 4) is 0 Å². The van der Waals surface area contributed by atoms with Crippen LogP contribution in [0.2, 0.25) is 0 Å². The molecule has 106 valence electrons. The van der Waals surface area contributed by atoms with Gasteiger partial charge in [-0.05, 0) is 49.3 Å². The third kappa shape index (κ3) is 3.35. The summed E-state index contributed by atoms with van der Waals surface area (Å²) in [4.78, 5) is 0. The van der Waals surface area contributed by atoms with Crippen LogP contribution in [0.5, 0.6) is 0 Å². The van der Waals surface area contributed by atoms with Crippen LogP contribution in [-0.2, 0) is 10.3 Å². The van der Waals surface area contributed by atoms with Crippen molar-refractivity contribution in [2.24, 2.45) is 5.73 Å². The lowest BCUT2D eigenvalue weighted by atomic mass is 9.79. The molecule has 1 saturated carbocycles. The lowest BCUT2D eigenvalue weighted by molar-refractivity contribution is -0.0429. The highest BCUT2D eigenvalue weighted by Crippen LogP contribution is 2.37. The van der Waals surface area contributed by atoms with Crippen LogP contribution in [0.3, 0.4) is 0 Å². The quantitative estimate of drug-likeness (QED) is 0.795. The van der Waals surface area contributed by atoms with E-state index < -0.39 is 5.60 Å². The fourth-order valence-corrected chi connectivity index (χ4v) is 2.74. The molecule has 0 heterocycles. The molecule has 3 N–H and O–H groups in total. The molecule has 3 nitrogen and oxygen atoms in total. The van der Waals surface area contributed by atoms with E-state index in [1.807, 2.05) is 12.1 Å². The average molecular weight is 263 g/mol. The molecular formula is C16H25NO2. The van der Waals surface area contributed by atoms with Crippen LogP contribution < -0.4 is 5.73 Å². The van der Waals surface area contributed by atoms with E-state index >= 15 is 0 Å². The minimum absolute atomic E-state index is 0.315.